The van der Waals surface area contributed by atoms with Crippen molar-refractivity contribution in [2.45, 2.75) is 4.90 Å². The lowest BCUT2D eigenvalue weighted by molar-refractivity contribution is 0.0703. The van der Waals surface area contributed by atoms with E-state index in [2.05, 4.69) is 20.7 Å². The van der Waals surface area contributed by atoms with Crippen LogP contribution in [0.4, 0.5) is 5.69 Å². The van der Waals surface area contributed by atoms with Gasteiger partial charge in [0.05, 0.1) is 5.69 Å². The van der Waals surface area contributed by atoms with Gasteiger partial charge in [-0.05, 0) is 39.5 Å². The van der Waals surface area contributed by atoms with Gasteiger partial charge in [0, 0.05) is 4.47 Å². The van der Waals surface area contributed by atoms with Crippen molar-refractivity contribution in [1.82, 2.24) is 0 Å². The van der Waals surface area contributed by atoms with Crippen molar-refractivity contribution in [3.8, 4) is 0 Å². The van der Waals surface area contributed by atoms with Crippen molar-refractivity contribution < 1.29 is 18.3 Å². The van der Waals surface area contributed by atoms with E-state index in [1.165, 1.54) is 17.5 Å². The number of rotatable bonds is 4. The molecule has 19 heavy (non-hydrogen) atoms. The van der Waals surface area contributed by atoms with E-state index in [1.54, 1.807) is 18.2 Å². The van der Waals surface area contributed by atoms with Crippen LogP contribution < -0.4 is 4.72 Å². The van der Waals surface area contributed by atoms with Gasteiger partial charge in [0.15, 0.2) is 0 Å². The number of thiophene rings is 1. The van der Waals surface area contributed by atoms with Crippen molar-refractivity contribution in [3.05, 3.63) is 45.1 Å². The lowest BCUT2D eigenvalue weighted by Gasteiger charge is -2.08. The molecule has 2 N–H and O–H groups in total. The van der Waals surface area contributed by atoms with Crippen molar-refractivity contribution >= 4 is 48.9 Å². The highest BCUT2D eigenvalue weighted by molar-refractivity contribution is 9.10. The Kier molecular flexibility index (Phi) is 3.93. The van der Waals surface area contributed by atoms with Gasteiger partial charge >= 0.3 is 5.97 Å². The van der Waals surface area contributed by atoms with E-state index in [9.17, 15) is 13.2 Å². The van der Waals surface area contributed by atoms with Crippen LogP contribution in [0.25, 0.3) is 0 Å². The quantitative estimate of drug-likeness (QED) is 0.876. The lowest BCUT2D eigenvalue weighted by Crippen LogP contribution is -2.14. The summed E-state index contributed by atoms with van der Waals surface area (Å²) in [6.07, 6.45) is 0. The monoisotopic (exact) mass is 361 g/mol. The molecule has 0 saturated carbocycles. The number of sulfonamides is 1. The maximum Gasteiger partial charge on any atom is 0.348 e. The van der Waals surface area contributed by atoms with Crippen LogP contribution in [-0.2, 0) is 10.0 Å². The van der Waals surface area contributed by atoms with Crippen molar-refractivity contribution in [1.29, 1.82) is 0 Å². The zero-order valence-electron chi connectivity index (χ0n) is 9.33. The molecule has 1 aromatic heterocycles. The second-order valence-electron chi connectivity index (χ2n) is 3.50. The third kappa shape index (κ3) is 2.96. The molecule has 0 bridgehead atoms. The topological polar surface area (TPSA) is 83.5 Å². The Morgan fingerprint density at radius 2 is 1.95 bits per heavy atom. The van der Waals surface area contributed by atoms with Gasteiger partial charge < -0.3 is 5.11 Å². The normalized spacial score (nSPS) is 11.2. The molecular formula is C11H8BrNO4S2. The Morgan fingerprint density at radius 1 is 1.26 bits per heavy atom. The summed E-state index contributed by atoms with van der Waals surface area (Å²) in [6.45, 7) is 0. The molecule has 0 aliphatic heterocycles. The minimum absolute atomic E-state index is 0.0457. The first kappa shape index (κ1) is 14.0. The molecule has 5 nitrogen and oxygen atoms in total. The molecule has 0 fully saturated rings. The fourth-order valence-electron chi connectivity index (χ4n) is 1.42. The van der Waals surface area contributed by atoms with E-state index < -0.39 is 16.0 Å². The third-order valence-electron chi connectivity index (χ3n) is 2.23. The first-order valence-electron chi connectivity index (χ1n) is 5.00. The predicted octanol–water partition coefficient (Wildman–Crippen LogP) is 3.01. The van der Waals surface area contributed by atoms with E-state index in [4.69, 9.17) is 5.11 Å². The van der Waals surface area contributed by atoms with Gasteiger partial charge in [-0.1, -0.05) is 12.1 Å². The fourth-order valence-corrected chi connectivity index (χ4v) is 4.25. The van der Waals surface area contributed by atoms with Crippen LogP contribution in [0.5, 0.6) is 0 Å². The third-order valence-corrected chi connectivity index (χ3v) is 5.51. The van der Waals surface area contributed by atoms with Crippen LogP contribution in [0.15, 0.2) is 45.1 Å². The van der Waals surface area contributed by atoms with Gasteiger partial charge in [-0.15, -0.1) is 11.3 Å². The number of nitrogens with one attached hydrogen (secondary N) is 1. The van der Waals surface area contributed by atoms with E-state index in [0.717, 1.165) is 11.3 Å². The summed E-state index contributed by atoms with van der Waals surface area (Å²) < 4.78 is 27.0. The molecular weight excluding hydrogens is 354 g/mol. The van der Waals surface area contributed by atoms with E-state index in [1.807, 2.05) is 0 Å². The summed E-state index contributed by atoms with van der Waals surface area (Å²) in [5.74, 6) is -1.17. The highest BCUT2D eigenvalue weighted by Crippen LogP contribution is 2.27. The minimum Gasteiger partial charge on any atom is -0.477 e. The van der Waals surface area contributed by atoms with Gasteiger partial charge in [0.1, 0.15) is 9.77 Å². The summed E-state index contributed by atoms with van der Waals surface area (Å²) in [4.78, 5) is 10.9. The van der Waals surface area contributed by atoms with Gasteiger partial charge in [-0.2, -0.15) is 0 Å². The fraction of sp³-hybridized carbons (Fsp3) is 0. The highest BCUT2D eigenvalue weighted by Gasteiger charge is 2.21. The number of aromatic carboxylic acids is 1. The Morgan fingerprint density at radius 3 is 2.58 bits per heavy atom. The number of anilines is 1. The van der Waals surface area contributed by atoms with E-state index in [-0.39, 0.29) is 15.5 Å². The lowest BCUT2D eigenvalue weighted by atomic mass is 10.4. The number of benzene rings is 1. The molecule has 0 aliphatic rings. The molecule has 0 radical (unpaired) electrons. The first-order valence-corrected chi connectivity index (χ1v) is 8.15. The largest absolute Gasteiger partial charge is 0.477 e. The Balaban J connectivity index is 2.40. The summed E-state index contributed by atoms with van der Waals surface area (Å²) in [5.41, 5.74) is 0.0632. The number of carboxylic acids is 1. The van der Waals surface area contributed by atoms with Crippen LogP contribution in [0.3, 0.4) is 0 Å². The molecule has 1 heterocycles. The first-order chi connectivity index (χ1) is 8.92. The molecule has 0 atom stereocenters. The molecule has 0 amide bonds. The Labute approximate surface area is 122 Å². The Hall–Kier alpha value is -1.38. The molecule has 8 heteroatoms. The molecule has 0 aliphatic carbocycles. The van der Waals surface area contributed by atoms with Gasteiger partial charge in [-0.25, -0.2) is 13.2 Å². The zero-order valence-corrected chi connectivity index (χ0v) is 12.5. The van der Waals surface area contributed by atoms with Crippen LogP contribution in [0, 0.1) is 0 Å². The summed E-state index contributed by atoms with van der Waals surface area (Å²) in [7, 11) is -3.82. The second kappa shape index (κ2) is 5.32. The van der Waals surface area contributed by atoms with E-state index in [0.29, 0.717) is 4.47 Å². The van der Waals surface area contributed by atoms with Crippen molar-refractivity contribution in [2.24, 2.45) is 0 Å². The maximum atomic E-state index is 12.2. The smallest absolute Gasteiger partial charge is 0.348 e. The summed E-state index contributed by atoms with van der Waals surface area (Å²) in [6, 6.07) is 7.73. The maximum absolute atomic E-state index is 12.2. The minimum atomic E-state index is -3.82. The average molecular weight is 362 g/mol. The molecule has 0 saturated heterocycles. The summed E-state index contributed by atoms with van der Waals surface area (Å²) >= 11 is 4.11. The van der Waals surface area contributed by atoms with E-state index >= 15 is 0 Å². The Bertz CT molecular complexity index is 724. The van der Waals surface area contributed by atoms with Crippen LogP contribution >= 0.6 is 27.3 Å². The number of hydrogen-bond donors (Lipinski definition) is 2. The van der Waals surface area contributed by atoms with Gasteiger partial charge in [0.2, 0.25) is 0 Å². The number of carbonyl (C=O) groups is 1. The van der Waals surface area contributed by atoms with Crippen LogP contribution in [-0.4, -0.2) is 19.5 Å². The van der Waals surface area contributed by atoms with Crippen molar-refractivity contribution in [2.75, 3.05) is 4.72 Å². The standard InChI is InChI=1S/C11H8BrNO4S2/c12-7-3-1-2-4-9(7)19(16,17)13-8-5-6-18-10(8)11(14)15/h1-6,13H,(H,14,15). The SMILES string of the molecule is O=C(O)c1sccc1NS(=O)(=O)c1ccccc1Br. The number of halogens is 1. The van der Waals surface area contributed by atoms with Crippen molar-refractivity contribution in [3.63, 3.8) is 0 Å². The molecule has 100 valence electrons. The highest BCUT2D eigenvalue weighted by atomic mass is 79.9. The molecule has 0 spiro atoms. The number of carboxylic acid groups (broad SMARTS) is 1. The number of hydrogen-bond acceptors (Lipinski definition) is 4. The summed E-state index contributed by atoms with van der Waals surface area (Å²) in [5, 5.41) is 10.5. The molecule has 0 unspecified atom stereocenters. The predicted molar refractivity (Wildman–Crippen MR) is 76.2 cm³/mol. The molecule has 1 aromatic carbocycles. The zero-order chi connectivity index (χ0) is 14.0. The van der Waals surface area contributed by atoms with Gasteiger partial charge in [-0.3, -0.25) is 4.72 Å². The molecule has 2 rings (SSSR count). The average Bonchev–Trinajstić information content (AvgIpc) is 2.76. The second-order valence-corrected chi connectivity index (χ2v) is 6.93. The molecule has 2 aromatic rings. The van der Waals surface area contributed by atoms with Gasteiger partial charge in [0.25, 0.3) is 10.0 Å². The van der Waals surface area contributed by atoms with Crippen LogP contribution in [0.2, 0.25) is 0 Å². The van der Waals surface area contributed by atoms with Crippen LogP contribution in [0.1, 0.15) is 9.67 Å².